The molecule has 27 heavy (non-hydrogen) atoms. The van der Waals surface area contributed by atoms with Crippen LogP contribution in [-0.4, -0.2) is 39.3 Å². The average molecular weight is 384 g/mol. The van der Waals surface area contributed by atoms with Crippen molar-refractivity contribution < 1.29 is 14.1 Å². The van der Waals surface area contributed by atoms with Gasteiger partial charge in [-0.25, -0.2) is 0 Å². The summed E-state index contributed by atoms with van der Waals surface area (Å²) in [4.78, 5) is 16.8. The summed E-state index contributed by atoms with van der Waals surface area (Å²) in [6.45, 7) is 3.87. The second kappa shape index (κ2) is 6.61. The van der Waals surface area contributed by atoms with Crippen molar-refractivity contribution in [1.82, 2.24) is 20.3 Å². The second-order valence-corrected chi connectivity index (χ2v) is 8.15. The highest BCUT2D eigenvalue weighted by Gasteiger charge is 2.29. The summed E-state index contributed by atoms with van der Waals surface area (Å²) < 4.78 is 10.9. The molecule has 1 saturated heterocycles. The number of aryl methyl sites for hydroxylation is 1. The normalized spacial score (nSPS) is 19.4. The molecule has 3 aromatic rings. The number of thiophene rings is 1. The number of fused-ring (bicyclic) bond motifs is 1. The number of H-pyrrole nitrogens is 1. The van der Waals surface area contributed by atoms with Gasteiger partial charge < -0.3 is 14.2 Å². The fourth-order valence-electron chi connectivity index (χ4n) is 3.76. The van der Waals surface area contributed by atoms with Gasteiger partial charge in [0.15, 0.2) is 0 Å². The van der Waals surface area contributed by atoms with Crippen molar-refractivity contribution in [3.8, 4) is 11.4 Å². The van der Waals surface area contributed by atoms with E-state index in [0.717, 1.165) is 58.3 Å². The van der Waals surface area contributed by atoms with Crippen LogP contribution in [0.3, 0.4) is 0 Å². The number of ether oxygens (including phenoxy) is 1. The predicted molar refractivity (Wildman–Crippen MR) is 99.5 cm³/mol. The summed E-state index contributed by atoms with van der Waals surface area (Å²) in [5.74, 6) is 0.809. The number of carbonyl (C=O) groups is 1. The van der Waals surface area contributed by atoms with E-state index < -0.39 is 0 Å². The van der Waals surface area contributed by atoms with Crippen molar-refractivity contribution in [1.29, 1.82) is 0 Å². The Morgan fingerprint density at radius 2 is 2.33 bits per heavy atom. The van der Waals surface area contributed by atoms with Gasteiger partial charge >= 0.3 is 0 Å². The van der Waals surface area contributed by atoms with Crippen LogP contribution in [-0.2, 0) is 17.7 Å². The zero-order valence-corrected chi connectivity index (χ0v) is 15.8. The van der Waals surface area contributed by atoms with Gasteiger partial charge in [-0.15, -0.1) is 11.3 Å². The SMILES string of the molecule is Cc1cc(-c2n[nH]c3c2CN(C(=O)c2ccc(C4CCCO4)s2)CC3)no1. The largest absolute Gasteiger partial charge is 0.373 e. The van der Waals surface area contributed by atoms with E-state index in [1.807, 2.05) is 30.0 Å². The Kier molecular flexibility index (Phi) is 4.09. The molecule has 1 atom stereocenters. The first-order chi connectivity index (χ1) is 13.2. The maximum absolute atomic E-state index is 13.0. The highest BCUT2D eigenvalue weighted by molar-refractivity contribution is 7.14. The third-order valence-electron chi connectivity index (χ3n) is 5.18. The Bertz CT molecular complexity index is 983. The van der Waals surface area contributed by atoms with Gasteiger partial charge in [-0.3, -0.25) is 9.89 Å². The lowest BCUT2D eigenvalue weighted by atomic mass is 10.0. The van der Waals surface area contributed by atoms with E-state index in [9.17, 15) is 4.79 Å². The minimum absolute atomic E-state index is 0.0679. The molecule has 0 aliphatic carbocycles. The van der Waals surface area contributed by atoms with Crippen LogP contribution in [0.15, 0.2) is 22.7 Å². The number of aromatic amines is 1. The summed E-state index contributed by atoms with van der Waals surface area (Å²) in [5.41, 5.74) is 3.57. The molecule has 1 N–H and O–H groups in total. The molecule has 2 aliphatic rings. The van der Waals surface area contributed by atoms with Crippen molar-refractivity contribution in [2.75, 3.05) is 13.2 Å². The van der Waals surface area contributed by atoms with E-state index in [1.54, 1.807) is 11.3 Å². The number of carbonyl (C=O) groups excluding carboxylic acids is 1. The summed E-state index contributed by atoms with van der Waals surface area (Å²) in [6, 6.07) is 5.83. The smallest absolute Gasteiger partial charge is 0.264 e. The third kappa shape index (κ3) is 2.98. The first-order valence-electron chi connectivity index (χ1n) is 9.19. The number of amides is 1. The van der Waals surface area contributed by atoms with Crippen molar-refractivity contribution in [3.63, 3.8) is 0 Å². The molecule has 1 unspecified atom stereocenters. The monoisotopic (exact) mass is 384 g/mol. The highest BCUT2D eigenvalue weighted by Crippen LogP contribution is 2.34. The van der Waals surface area contributed by atoms with Crippen molar-refractivity contribution in [2.24, 2.45) is 0 Å². The van der Waals surface area contributed by atoms with E-state index in [2.05, 4.69) is 15.4 Å². The fraction of sp³-hybridized carbons (Fsp3) is 0.421. The van der Waals surface area contributed by atoms with Crippen LogP contribution in [0.5, 0.6) is 0 Å². The lowest BCUT2D eigenvalue weighted by Gasteiger charge is -2.26. The minimum atomic E-state index is 0.0679. The highest BCUT2D eigenvalue weighted by atomic mass is 32.1. The summed E-state index contributed by atoms with van der Waals surface area (Å²) >= 11 is 1.55. The number of nitrogens with one attached hydrogen (secondary N) is 1. The molecular formula is C19H20N4O3S. The first kappa shape index (κ1) is 16.7. The second-order valence-electron chi connectivity index (χ2n) is 7.03. The van der Waals surface area contributed by atoms with Crippen LogP contribution < -0.4 is 0 Å². The molecule has 0 bridgehead atoms. The number of hydrogen-bond acceptors (Lipinski definition) is 6. The molecule has 5 heterocycles. The van der Waals surface area contributed by atoms with Gasteiger partial charge in [0.2, 0.25) is 0 Å². The van der Waals surface area contributed by atoms with Crippen LogP contribution >= 0.6 is 11.3 Å². The molecule has 1 fully saturated rings. The Hall–Kier alpha value is -2.45. The topological polar surface area (TPSA) is 84.2 Å². The van der Waals surface area contributed by atoms with Crippen LogP contribution in [0, 0.1) is 6.92 Å². The summed E-state index contributed by atoms with van der Waals surface area (Å²) in [6.07, 6.45) is 3.04. The number of rotatable bonds is 3. The Balaban J connectivity index is 1.37. The van der Waals surface area contributed by atoms with Crippen LogP contribution in [0.4, 0.5) is 0 Å². The summed E-state index contributed by atoms with van der Waals surface area (Å²) in [5, 5.41) is 11.6. The van der Waals surface area contributed by atoms with Gasteiger partial charge in [0, 0.05) is 41.8 Å². The third-order valence-corrected chi connectivity index (χ3v) is 6.34. The Morgan fingerprint density at radius 1 is 1.41 bits per heavy atom. The molecule has 0 aromatic carbocycles. The molecular weight excluding hydrogens is 364 g/mol. The van der Waals surface area contributed by atoms with Gasteiger partial charge in [0.05, 0.1) is 17.5 Å². The molecule has 7 nitrogen and oxygen atoms in total. The van der Waals surface area contributed by atoms with Crippen molar-refractivity contribution >= 4 is 17.2 Å². The lowest BCUT2D eigenvalue weighted by Crippen LogP contribution is -2.35. The standard InChI is InChI=1S/C19H20N4O3S/c1-11-9-14(22-26-11)18-12-10-23(7-6-13(12)20-21-18)19(24)17-5-4-16(27-17)15-3-2-8-25-15/h4-5,9,15H,2-3,6-8,10H2,1H3,(H,20,21). The minimum Gasteiger partial charge on any atom is -0.373 e. The van der Waals surface area contributed by atoms with Gasteiger partial charge in [-0.2, -0.15) is 5.10 Å². The van der Waals surface area contributed by atoms with E-state index in [-0.39, 0.29) is 12.0 Å². The van der Waals surface area contributed by atoms with E-state index >= 15 is 0 Å². The fourth-order valence-corrected chi connectivity index (χ4v) is 4.82. The first-order valence-corrected chi connectivity index (χ1v) is 10.0. The molecule has 140 valence electrons. The quantitative estimate of drug-likeness (QED) is 0.747. The molecule has 0 saturated carbocycles. The van der Waals surface area contributed by atoms with Crippen LogP contribution in [0.25, 0.3) is 11.4 Å². The molecule has 1 amide bonds. The van der Waals surface area contributed by atoms with E-state index in [4.69, 9.17) is 9.26 Å². The number of hydrogen-bond donors (Lipinski definition) is 1. The molecule has 0 radical (unpaired) electrons. The van der Waals surface area contributed by atoms with Gasteiger partial charge in [-0.1, -0.05) is 5.16 Å². The maximum Gasteiger partial charge on any atom is 0.264 e. The van der Waals surface area contributed by atoms with Gasteiger partial charge in [-0.05, 0) is 31.9 Å². The van der Waals surface area contributed by atoms with E-state index in [1.165, 1.54) is 0 Å². The lowest BCUT2D eigenvalue weighted by molar-refractivity contribution is 0.0739. The zero-order chi connectivity index (χ0) is 18.4. The molecule has 3 aromatic heterocycles. The molecule has 2 aliphatic heterocycles. The van der Waals surface area contributed by atoms with Crippen molar-refractivity contribution in [2.45, 2.75) is 38.8 Å². The van der Waals surface area contributed by atoms with Crippen molar-refractivity contribution in [3.05, 3.63) is 45.0 Å². The zero-order valence-electron chi connectivity index (χ0n) is 15.0. The Morgan fingerprint density at radius 3 is 3.11 bits per heavy atom. The number of aromatic nitrogens is 3. The van der Waals surface area contributed by atoms with Crippen LogP contribution in [0.1, 0.15) is 50.5 Å². The van der Waals surface area contributed by atoms with Gasteiger partial charge in [0.25, 0.3) is 5.91 Å². The maximum atomic E-state index is 13.0. The average Bonchev–Trinajstić information content (AvgIpc) is 3.45. The Labute approximate surface area is 160 Å². The molecule has 8 heteroatoms. The molecule has 5 rings (SSSR count). The predicted octanol–water partition coefficient (Wildman–Crippen LogP) is 3.48. The summed E-state index contributed by atoms with van der Waals surface area (Å²) in [7, 11) is 0. The number of nitrogens with zero attached hydrogens (tertiary/aromatic N) is 3. The molecule has 0 spiro atoms. The van der Waals surface area contributed by atoms with E-state index in [0.29, 0.717) is 18.8 Å². The van der Waals surface area contributed by atoms with Gasteiger partial charge in [0.1, 0.15) is 17.1 Å². The van der Waals surface area contributed by atoms with Crippen LogP contribution in [0.2, 0.25) is 0 Å².